The van der Waals surface area contributed by atoms with Crippen LogP contribution >= 0.6 is 11.8 Å². The highest BCUT2D eigenvalue weighted by Crippen LogP contribution is 2.15. The van der Waals surface area contributed by atoms with Gasteiger partial charge in [0.25, 0.3) is 0 Å². The van der Waals surface area contributed by atoms with Crippen LogP contribution in [0.5, 0.6) is 0 Å². The molecule has 0 saturated heterocycles. The highest BCUT2D eigenvalue weighted by atomic mass is 32.2. The average molecular weight is 452 g/mol. The van der Waals surface area contributed by atoms with Crippen LogP contribution in [0, 0.1) is 6.92 Å². The first kappa shape index (κ1) is 23.4. The van der Waals surface area contributed by atoms with Crippen molar-refractivity contribution in [1.82, 2.24) is 0 Å². The lowest BCUT2D eigenvalue weighted by Gasteiger charge is -2.07. The SMILES string of the molecule is COC(=O)/C(=N/OS(=O)(=O)c1ccc(C)cc1)SCCOC(=O)Cc1ccccc1. The van der Waals surface area contributed by atoms with Gasteiger partial charge in [0.1, 0.15) is 11.5 Å². The lowest BCUT2D eigenvalue weighted by atomic mass is 10.2. The fourth-order valence-electron chi connectivity index (χ4n) is 2.15. The Labute approximate surface area is 179 Å². The topological polar surface area (TPSA) is 108 Å². The van der Waals surface area contributed by atoms with Crippen molar-refractivity contribution in [1.29, 1.82) is 0 Å². The molecule has 0 heterocycles. The maximum absolute atomic E-state index is 12.2. The molecular formula is C20H21NO7S2. The lowest BCUT2D eigenvalue weighted by molar-refractivity contribution is -0.142. The quantitative estimate of drug-likeness (QED) is 0.198. The van der Waals surface area contributed by atoms with Crippen molar-refractivity contribution in [3.63, 3.8) is 0 Å². The Morgan fingerprint density at radius 3 is 2.33 bits per heavy atom. The Kier molecular flexibility index (Phi) is 8.88. The molecule has 0 fully saturated rings. The van der Waals surface area contributed by atoms with Gasteiger partial charge in [0.05, 0.1) is 13.5 Å². The molecule has 0 unspecified atom stereocenters. The summed E-state index contributed by atoms with van der Waals surface area (Å²) in [6.07, 6.45) is 0.126. The molecule has 30 heavy (non-hydrogen) atoms. The van der Waals surface area contributed by atoms with Crippen molar-refractivity contribution >= 4 is 38.9 Å². The van der Waals surface area contributed by atoms with E-state index in [2.05, 4.69) is 14.2 Å². The third-order valence-corrected chi connectivity index (χ3v) is 5.67. The number of rotatable bonds is 8. The van der Waals surface area contributed by atoms with Crippen molar-refractivity contribution in [3.8, 4) is 0 Å². The molecule has 0 amide bonds. The van der Waals surface area contributed by atoms with Crippen molar-refractivity contribution in [2.45, 2.75) is 18.2 Å². The summed E-state index contributed by atoms with van der Waals surface area (Å²) in [5.74, 6) is -1.13. The Morgan fingerprint density at radius 1 is 1.03 bits per heavy atom. The molecule has 160 valence electrons. The van der Waals surface area contributed by atoms with Gasteiger partial charge in [0.15, 0.2) is 0 Å². The zero-order valence-electron chi connectivity index (χ0n) is 16.4. The van der Waals surface area contributed by atoms with Crippen LogP contribution in [0.2, 0.25) is 0 Å². The standard InChI is InChI=1S/C20H21NO7S2/c1-15-8-10-17(11-9-15)30(24,25)28-21-19(20(23)26-2)29-13-12-27-18(22)14-16-6-4-3-5-7-16/h3-11H,12-14H2,1-2H3/b21-19-. The van der Waals surface area contributed by atoms with Gasteiger partial charge < -0.3 is 9.47 Å². The van der Waals surface area contributed by atoms with Crippen LogP contribution in [0.25, 0.3) is 0 Å². The van der Waals surface area contributed by atoms with Gasteiger partial charge in [-0.2, -0.15) is 8.42 Å². The number of esters is 2. The molecule has 0 aliphatic carbocycles. The highest BCUT2D eigenvalue weighted by molar-refractivity contribution is 8.15. The van der Waals surface area contributed by atoms with E-state index in [1.54, 1.807) is 12.1 Å². The molecule has 0 aliphatic heterocycles. The van der Waals surface area contributed by atoms with Gasteiger partial charge in [-0.05, 0) is 24.6 Å². The average Bonchev–Trinajstić information content (AvgIpc) is 2.73. The maximum Gasteiger partial charge on any atom is 0.366 e. The van der Waals surface area contributed by atoms with Crippen molar-refractivity contribution in [2.75, 3.05) is 19.5 Å². The number of carbonyl (C=O) groups is 2. The first-order chi connectivity index (χ1) is 14.3. The number of nitrogens with zero attached hydrogens (tertiary/aromatic N) is 1. The molecule has 2 rings (SSSR count). The largest absolute Gasteiger partial charge is 0.465 e. The third kappa shape index (κ3) is 7.53. The third-order valence-electron chi connectivity index (χ3n) is 3.66. The summed E-state index contributed by atoms with van der Waals surface area (Å²) < 4.78 is 38.7. The minimum atomic E-state index is -4.19. The van der Waals surface area contributed by atoms with E-state index >= 15 is 0 Å². The summed E-state index contributed by atoms with van der Waals surface area (Å²) in [4.78, 5) is 23.6. The number of oxime groups is 1. The molecule has 0 aromatic heterocycles. The van der Waals surface area contributed by atoms with Crippen molar-refractivity contribution in [2.24, 2.45) is 5.16 Å². The first-order valence-electron chi connectivity index (χ1n) is 8.81. The lowest BCUT2D eigenvalue weighted by Crippen LogP contribution is -2.17. The summed E-state index contributed by atoms with van der Waals surface area (Å²) >= 11 is 0.850. The molecule has 0 bridgehead atoms. The summed E-state index contributed by atoms with van der Waals surface area (Å²) in [7, 11) is -3.05. The van der Waals surface area contributed by atoms with Gasteiger partial charge in [0, 0.05) is 5.75 Å². The van der Waals surface area contributed by atoms with E-state index in [0.717, 1.165) is 30.0 Å². The second kappa shape index (κ2) is 11.4. The molecule has 2 aromatic carbocycles. The number of methoxy groups -OCH3 is 1. The molecule has 10 heteroatoms. The van der Waals surface area contributed by atoms with Crippen LogP contribution in [0.1, 0.15) is 11.1 Å². The number of ether oxygens (including phenoxy) is 2. The predicted molar refractivity (Wildman–Crippen MR) is 112 cm³/mol. The molecular weight excluding hydrogens is 430 g/mol. The van der Waals surface area contributed by atoms with Crippen LogP contribution in [-0.2, 0) is 39.9 Å². The Balaban J connectivity index is 1.90. The fourth-order valence-corrected chi connectivity index (χ4v) is 3.57. The Bertz CT molecular complexity index is 988. The van der Waals surface area contributed by atoms with Crippen molar-refractivity contribution < 1.29 is 31.8 Å². The van der Waals surface area contributed by atoms with Gasteiger partial charge in [-0.3, -0.25) is 9.08 Å². The molecule has 0 spiro atoms. The smallest absolute Gasteiger partial charge is 0.366 e. The molecule has 0 saturated carbocycles. The second-order valence-corrected chi connectivity index (χ2v) is 8.57. The van der Waals surface area contributed by atoms with E-state index in [1.165, 1.54) is 12.1 Å². The first-order valence-corrected chi connectivity index (χ1v) is 11.2. The second-order valence-electron chi connectivity index (χ2n) is 5.96. The van der Waals surface area contributed by atoms with Crippen LogP contribution in [0.4, 0.5) is 0 Å². The number of thioether (sulfide) groups is 1. The fraction of sp³-hybridized carbons (Fsp3) is 0.250. The van der Waals surface area contributed by atoms with E-state index in [4.69, 9.17) is 4.74 Å². The molecule has 0 aliphatic rings. The number of hydrogen-bond acceptors (Lipinski definition) is 9. The van der Waals surface area contributed by atoms with E-state index in [9.17, 15) is 18.0 Å². The zero-order chi connectivity index (χ0) is 22.0. The van der Waals surface area contributed by atoms with Crippen LogP contribution in [-0.4, -0.2) is 44.9 Å². The number of benzene rings is 2. The Morgan fingerprint density at radius 2 is 1.70 bits per heavy atom. The van der Waals surface area contributed by atoms with Gasteiger partial charge >= 0.3 is 22.1 Å². The molecule has 0 atom stereocenters. The van der Waals surface area contributed by atoms with E-state index in [1.807, 2.05) is 37.3 Å². The van der Waals surface area contributed by atoms with Crippen LogP contribution in [0.3, 0.4) is 0 Å². The monoisotopic (exact) mass is 451 g/mol. The summed E-state index contributed by atoms with van der Waals surface area (Å²) in [6, 6.07) is 15.1. The Hall–Kier alpha value is -2.85. The minimum absolute atomic E-state index is 0.00292. The van der Waals surface area contributed by atoms with Gasteiger partial charge in [-0.1, -0.05) is 64.9 Å². The predicted octanol–water partition coefficient (Wildman–Crippen LogP) is 2.71. The summed E-state index contributed by atoms with van der Waals surface area (Å²) in [5.41, 5.74) is 1.70. The zero-order valence-corrected chi connectivity index (χ0v) is 18.1. The van der Waals surface area contributed by atoms with E-state index in [0.29, 0.717) is 0 Å². The molecule has 0 N–H and O–H groups in total. The van der Waals surface area contributed by atoms with Gasteiger partial charge in [0.2, 0.25) is 5.04 Å². The molecule has 0 radical (unpaired) electrons. The minimum Gasteiger partial charge on any atom is -0.465 e. The summed E-state index contributed by atoms with van der Waals surface area (Å²) in [5, 5.41) is 3.11. The van der Waals surface area contributed by atoms with Crippen LogP contribution < -0.4 is 0 Å². The normalized spacial score (nSPS) is 11.6. The molecule has 2 aromatic rings. The van der Waals surface area contributed by atoms with Crippen LogP contribution in [0.15, 0.2) is 64.6 Å². The molecule has 8 nitrogen and oxygen atoms in total. The number of carbonyl (C=O) groups excluding carboxylic acids is 2. The maximum atomic E-state index is 12.2. The van der Waals surface area contributed by atoms with Gasteiger partial charge in [-0.25, -0.2) is 4.79 Å². The van der Waals surface area contributed by atoms with E-state index in [-0.39, 0.29) is 28.7 Å². The highest BCUT2D eigenvalue weighted by Gasteiger charge is 2.19. The van der Waals surface area contributed by atoms with Gasteiger partial charge in [-0.15, -0.1) is 0 Å². The number of aryl methyl sites for hydroxylation is 1. The van der Waals surface area contributed by atoms with E-state index < -0.39 is 22.1 Å². The van der Waals surface area contributed by atoms with Crippen molar-refractivity contribution in [3.05, 3.63) is 65.7 Å². The summed E-state index contributed by atoms with van der Waals surface area (Å²) in [6.45, 7) is 1.81. The number of hydrogen-bond donors (Lipinski definition) is 0.